The highest BCUT2D eigenvalue weighted by atomic mass is 16.3. The van der Waals surface area contributed by atoms with Crippen molar-refractivity contribution in [3.05, 3.63) is 0 Å². The van der Waals surface area contributed by atoms with Crippen LogP contribution in [0.5, 0.6) is 0 Å². The second kappa shape index (κ2) is 5.64. The number of likely N-dealkylation sites (tertiary alicyclic amines) is 1. The van der Waals surface area contributed by atoms with Crippen LogP contribution < -0.4 is 0 Å². The lowest BCUT2D eigenvalue weighted by atomic mass is 10.0. The van der Waals surface area contributed by atoms with Gasteiger partial charge < -0.3 is 10.0 Å². The monoisotopic (exact) mass is 228 g/mol. The van der Waals surface area contributed by atoms with E-state index < -0.39 is 0 Å². The zero-order chi connectivity index (χ0) is 12.3. The molecular weight excluding hydrogens is 204 g/mol. The molecule has 0 radical (unpaired) electrons. The van der Waals surface area contributed by atoms with Gasteiger partial charge in [-0.25, -0.2) is 0 Å². The minimum absolute atomic E-state index is 0.180. The Morgan fingerprint density at radius 1 is 1.50 bits per heavy atom. The van der Waals surface area contributed by atoms with E-state index in [0.29, 0.717) is 19.1 Å². The molecule has 0 aromatic heterocycles. The Morgan fingerprint density at radius 3 is 2.56 bits per heavy atom. The molecule has 1 saturated heterocycles. The standard InChI is InChI=1S/C12H24N2O2/c1-9(2)13(4)8-12(16)14-6-5-11(7-14)10(3)15/h9-11,15H,5-8H2,1-4H3. The zero-order valence-corrected chi connectivity index (χ0v) is 10.8. The highest BCUT2D eigenvalue weighted by Gasteiger charge is 2.29. The molecule has 0 aromatic rings. The Bertz CT molecular complexity index is 241. The van der Waals surface area contributed by atoms with Gasteiger partial charge in [-0.15, -0.1) is 0 Å². The molecule has 2 unspecified atom stereocenters. The SMILES string of the molecule is CC(O)C1CCN(C(=O)CN(C)C(C)C)C1. The van der Waals surface area contributed by atoms with Crippen LogP contribution in [0.1, 0.15) is 27.2 Å². The van der Waals surface area contributed by atoms with Gasteiger partial charge in [0.25, 0.3) is 0 Å². The van der Waals surface area contributed by atoms with Crippen LogP contribution in [-0.2, 0) is 4.79 Å². The summed E-state index contributed by atoms with van der Waals surface area (Å²) in [6.07, 6.45) is 0.620. The van der Waals surface area contributed by atoms with E-state index >= 15 is 0 Å². The molecule has 0 bridgehead atoms. The fourth-order valence-corrected chi connectivity index (χ4v) is 1.90. The van der Waals surface area contributed by atoms with Gasteiger partial charge >= 0.3 is 0 Å². The zero-order valence-electron chi connectivity index (χ0n) is 10.8. The molecule has 1 heterocycles. The summed E-state index contributed by atoms with van der Waals surface area (Å²) in [6.45, 7) is 7.94. The molecule has 4 nitrogen and oxygen atoms in total. The maximum Gasteiger partial charge on any atom is 0.236 e. The van der Waals surface area contributed by atoms with Crippen LogP contribution in [0.25, 0.3) is 0 Å². The lowest BCUT2D eigenvalue weighted by molar-refractivity contribution is -0.131. The van der Waals surface area contributed by atoms with Crippen molar-refractivity contribution < 1.29 is 9.90 Å². The second-order valence-electron chi connectivity index (χ2n) is 5.14. The van der Waals surface area contributed by atoms with Gasteiger partial charge in [-0.05, 0) is 34.2 Å². The van der Waals surface area contributed by atoms with E-state index in [2.05, 4.69) is 13.8 Å². The van der Waals surface area contributed by atoms with Crippen LogP contribution in [0.4, 0.5) is 0 Å². The molecule has 0 saturated carbocycles. The minimum Gasteiger partial charge on any atom is -0.393 e. The molecule has 0 aliphatic carbocycles. The van der Waals surface area contributed by atoms with Gasteiger partial charge in [0, 0.05) is 25.0 Å². The molecule has 0 spiro atoms. The highest BCUT2D eigenvalue weighted by molar-refractivity contribution is 5.78. The van der Waals surface area contributed by atoms with Gasteiger partial charge in [0.2, 0.25) is 5.91 Å². The second-order valence-corrected chi connectivity index (χ2v) is 5.14. The number of nitrogens with zero attached hydrogens (tertiary/aromatic N) is 2. The van der Waals surface area contributed by atoms with Crippen molar-refractivity contribution in [2.75, 3.05) is 26.7 Å². The topological polar surface area (TPSA) is 43.8 Å². The summed E-state index contributed by atoms with van der Waals surface area (Å²) in [5, 5.41) is 9.47. The quantitative estimate of drug-likeness (QED) is 0.764. The number of aliphatic hydroxyl groups excluding tert-OH is 1. The first-order chi connectivity index (χ1) is 7.41. The summed E-state index contributed by atoms with van der Waals surface area (Å²) in [7, 11) is 1.96. The van der Waals surface area contributed by atoms with Gasteiger partial charge in [-0.1, -0.05) is 0 Å². The van der Waals surface area contributed by atoms with E-state index in [-0.39, 0.29) is 17.9 Å². The molecule has 1 aliphatic heterocycles. The van der Waals surface area contributed by atoms with Crippen LogP contribution in [0.3, 0.4) is 0 Å². The molecule has 1 rings (SSSR count). The fraction of sp³-hybridized carbons (Fsp3) is 0.917. The molecule has 4 heteroatoms. The van der Waals surface area contributed by atoms with Crippen molar-refractivity contribution in [3.63, 3.8) is 0 Å². The smallest absolute Gasteiger partial charge is 0.236 e. The van der Waals surface area contributed by atoms with E-state index in [9.17, 15) is 9.90 Å². The first kappa shape index (κ1) is 13.5. The lowest BCUT2D eigenvalue weighted by Gasteiger charge is -2.24. The normalized spacial score (nSPS) is 23.2. The van der Waals surface area contributed by atoms with E-state index in [0.717, 1.165) is 13.0 Å². The summed E-state index contributed by atoms with van der Waals surface area (Å²) >= 11 is 0. The van der Waals surface area contributed by atoms with Crippen LogP contribution in [0, 0.1) is 5.92 Å². The number of hydrogen-bond acceptors (Lipinski definition) is 3. The molecule has 2 atom stereocenters. The molecule has 16 heavy (non-hydrogen) atoms. The van der Waals surface area contributed by atoms with E-state index in [1.165, 1.54) is 0 Å². The third-order valence-corrected chi connectivity index (χ3v) is 3.53. The predicted octanol–water partition coefficient (Wildman–Crippen LogP) is 0.556. The maximum atomic E-state index is 11.9. The number of hydrogen-bond donors (Lipinski definition) is 1. The number of carbonyl (C=O) groups excluding carboxylic acids is 1. The number of aliphatic hydroxyl groups is 1. The first-order valence-electron chi connectivity index (χ1n) is 6.08. The van der Waals surface area contributed by atoms with E-state index in [4.69, 9.17) is 0 Å². The van der Waals surface area contributed by atoms with Gasteiger partial charge in [0.1, 0.15) is 0 Å². The van der Waals surface area contributed by atoms with Crippen molar-refractivity contribution in [1.82, 2.24) is 9.80 Å². The number of carbonyl (C=O) groups is 1. The Morgan fingerprint density at radius 2 is 2.12 bits per heavy atom. The van der Waals surface area contributed by atoms with Gasteiger partial charge in [0.15, 0.2) is 0 Å². The van der Waals surface area contributed by atoms with Crippen molar-refractivity contribution in [2.45, 2.75) is 39.3 Å². The molecule has 94 valence electrons. The average Bonchev–Trinajstić information content (AvgIpc) is 2.65. The van der Waals surface area contributed by atoms with Crippen molar-refractivity contribution in [1.29, 1.82) is 0 Å². The lowest BCUT2D eigenvalue weighted by Crippen LogP contribution is -2.40. The summed E-state index contributed by atoms with van der Waals surface area (Å²) in [6, 6.07) is 0.388. The number of amides is 1. The molecular formula is C12H24N2O2. The molecule has 0 aromatic carbocycles. The van der Waals surface area contributed by atoms with E-state index in [1.807, 2.05) is 16.8 Å². The molecule has 1 fully saturated rings. The summed E-state index contributed by atoms with van der Waals surface area (Å²) in [5.74, 6) is 0.438. The number of likely N-dealkylation sites (N-methyl/N-ethyl adjacent to an activating group) is 1. The Labute approximate surface area is 98.2 Å². The molecule has 1 N–H and O–H groups in total. The number of rotatable bonds is 4. The fourth-order valence-electron chi connectivity index (χ4n) is 1.90. The van der Waals surface area contributed by atoms with Crippen LogP contribution in [0.15, 0.2) is 0 Å². The summed E-state index contributed by atoms with van der Waals surface area (Å²) in [5.41, 5.74) is 0. The van der Waals surface area contributed by atoms with Crippen molar-refractivity contribution >= 4 is 5.91 Å². The van der Waals surface area contributed by atoms with Gasteiger partial charge in [-0.3, -0.25) is 9.69 Å². The molecule has 1 amide bonds. The molecule has 1 aliphatic rings. The van der Waals surface area contributed by atoms with Crippen LogP contribution >= 0.6 is 0 Å². The third kappa shape index (κ3) is 3.46. The average molecular weight is 228 g/mol. The highest BCUT2D eigenvalue weighted by Crippen LogP contribution is 2.19. The first-order valence-corrected chi connectivity index (χ1v) is 6.08. The Hall–Kier alpha value is -0.610. The van der Waals surface area contributed by atoms with Gasteiger partial charge in [0.05, 0.1) is 12.6 Å². The van der Waals surface area contributed by atoms with Crippen LogP contribution in [-0.4, -0.2) is 59.6 Å². The maximum absolute atomic E-state index is 11.9. The van der Waals surface area contributed by atoms with E-state index in [1.54, 1.807) is 6.92 Å². The Kier molecular flexibility index (Phi) is 4.74. The summed E-state index contributed by atoms with van der Waals surface area (Å²) < 4.78 is 0. The van der Waals surface area contributed by atoms with Crippen molar-refractivity contribution in [2.24, 2.45) is 5.92 Å². The van der Waals surface area contributed by atoms with Crippen LogP contribution in [0.2, 0.25) is 0 Å². The summed E-state index contributed by atoms with van der Waals surface area (Å²) in [4.78, 5) is 15.8. The Balaban J connectivity index is 2.39. The third-order valence-electron chi connectivity index (χ3n) is 3.53. The predicted molar refractivity (Wildman–Crippen MR) is 64.1 cm³/mol. The minimum atomic E-state index is -0.305. The van der Waals surface area contributed by atoms with Crippen molar-refractivity contribution in [3.8, 4) is 0 Å². The largest absolute Gasteiger partial charge is 0.393 e. The van der Waals surface area contributed by atoms with Gasteiger partial charge in [-0.2, -0.15) is 0 Å².